The van der Waals surface area contributed by atoms with Crippen LogP contribution in [-0.4, -0.2) is 48.1 Å². The van der Waals surface area contributed by atoms with Gasteiger partial charge in [-0.3, -0.25) is 19.1 Å². The van der Waals surface area contributed by atoms with Crippen LogP contribution in [0.1, 0.15) is 29.7 Å². The molecule has 12 heteroatoms. The molecule has 1 aromatic rings. The van der Waals surface area contributed by atoms with Gasteiger partial charge in [0.25, 0.3) is 0 Å². The van der Waals surface area contributed by atoms with Crippen LogP contribution in [0.5, 0.6) is 5.75 Å². The minimum Gasteiger partial charge on any atom is -0.506 e. The zero-order valence-electron chi connectivity index (χ0n) is 14.4. The first-order valence-electron chi connectivity index (χ1n) is 8.05. The molecule has 0 bridgehead atoms. The topological polar surface area (TPSA) is 187 Å². The highest BCUT2D eigenvalue weighted by Gasteiger charge is 2.41. The van der Waals surface area contributed by atoms with E-state index in [-0.39, 0.29) is 42.0 Å². The van der Waals surface area contributed by atoms with E-state index in [1.54, 1.807) is 0 Å². The lowest BCUT2D eigenvalue weighted by molar-refractivity contribution is -0.143. The molecule has 0 aliphatic heterocycles. The fourth-order valence-corrected chi connectivity index (χ4v) is 3.44. The minimum atomic E-state index is -4.73. The van der Waals surface area contributed by atoms with Gasteiger partial charge >= 0.3 is 19.8 Å². The standard InChI is InChI=1S/C15H21N2O9P/c1-7-13(18)11(9(4-16-7)6-26-27(23,24)25)5-17-12-3-8(14(19)20)2-10(12)15(21)22/h4,8,10,12,17-18H,2-3,5-6H2,1H3,(H,19,20)(H,21,22)(H2,23,24,25)/t8?,10-,12?/m1/s1. The van der Waals surface area contributed by atoms with Crippen molar-refractivity contribution in [3.8, 4) is 5.75 Å². The quantitative estimate of drug-likeness (QED) is 0.328. The Kier molecular flexibility index (Phi) is 6.55. The molecule has 0 saturated heterocycles. The Labute approximate surface area is 154 Å². The van der Waals surface area contributed by atoms with Gasteiger partial charge in [0.2, 0.25) is 0 Å². The zero-order chi connectivity index (χ0) is 20.4. The van der Waals surface area contributed by atoms with Crippen LogP contribution in [0, 0.1) is 18.8 Å². The molecular weight excluding hydrogens is 383 g/mol. The Bertz CT molecular complexity index is 779. The van der Waals surface area contributed by atoms with Crippen molar-refractivity contribution in [2.45, 2.75) is 39.0 Å². The van der Waals surface area contributed by atoms with Crippen LogP contribution in [-0.2, 0) is 31.8 Å². The van der Waals surface area contributed by atoms with Crippen molar-refractivity contribution in [2.24, 2.45) is 11.8 Å². The number of nitrogens with zero attached hydrogens (tertiary/aromatic N) is 1. The summed E-state index contributed by atoms with van der Waals surface area (Å²) in [5.41, 5.74) is 0.740. The van der Waals surface area contributed by atoms with E-state index >= 15 is 0 Å². The SMILES string of the molecule is Cc1ncc(COP(=O)(O)O)c(CNC2CC(C(=O)O)C[C@H]2C(=O)O)c1O. The van der Waals surface area contributed by atoms with Gasteiger partial charge in [-0.25, -0.2) is 4.57 Å². The Morgan fingerprint density at radius 3 is 2.52 bits per heavy atom. The summed E-state index contributed by atoms with van der Waals surface area (Å²) in [6.07, 6.45) is 1.41. The Morgan fingerprint density at radius 2 is 1.96 bits per heavy atom. The number of nitrogens with one attached hydrogen (secondary N) is 1. The largest absolute Gasteiger partial charge is 0.506 e. The fourth-order valence-electron chi connectivity index (χ4n) is 3.13. The molecule has 6 N–H and O–H groups in total. The van der Waals surface area contributed by atoms with Gasteiger partial charge in [0.05, 0.1) is 24.1 Å². The van der Waals surface area contributed by atoms with Gasteiger partial charge in [-0.1, -0.05) is 0 Å². The molecule has 3 atom stereocenters. The summed E-state index contributed by atoms with van der Waals surface area (Å²) in [5, 5.41) is 31.6. The van der Waals surface area contributed by atoms with E-state index in [9.17, 15) is 24.4 Å². The Balaban J connectivity index is 2.18. The number of rotatable bonds is 8. The Morgan fingerprint density at radius 1 is 1.30 bits per heavy atom. The van der Waals surface area contributed by atoms with Crippen LogP contribution in [0.25, 0.3) is 0 Å². The third-order valence-corrected chi connectivity index (χ3v) is 5.05. The van der Waals surface area contributed by atoms with Crippen molar-refractivity contribution < 1.29 is 43.8 Å². The molecular formula is C15H21N2O9P. The molecule has 0 radical (unpaired) electrons. The molecule has 2 unspecified atom stereocenters. The number of carboxylic acids is 2. The first-order valence-corrected chi connectivity index (χ1v) is 9.58. The number of aliphatic carboxylic acids is 2. The van der Waals surface area contributed by atoms with Crippen molar-refractivity contribution in [3.63, 3.8) is 0 Å². The van der Waals surface area contributed by atoms with Gasteiger partial charge in [0.15, 0.2) is 0 Å². The number of hydrogen-bond acceptors (Lipinski definition) is 7. The van der Waals surface area contributed by atoms with Crippen LogP contribution in [0.4, 0.5) is 0 Å². The summed E-state index contributed by atoms with van der Waals surface area (Å²) in [6, 6.07) is -0.632. The lowest BCUT2D eigenvalue weighted by Gasteiger charge is -2.20. The van der Waals surface area contributed by atoms with E-state index in [1.807, 2.05) is 0 Å². The summed E-state index contributed by atoms with van der Waals surface area (Å²) < 4.78 is 15.4. The molecule has 1 fully saturated rings. The van der Waals surface area contributed by atoms with Gasteiger partial charge in [-0.2, -0.15) is 0 Å². The van der Waals surface area contributed by atoms with E-state index < -0.39 is 44.2 Å². The number of aromatic nitrogens is 1. The molecule has 1 saturated carbocycles. The summed E-state index contributed by atoms with van der Waals surface area (Å²) in [6.45, 7) is 0.977. The molecule has 11 nitrogen and oxygen atoms in total. The molecule has 1 aromatic heterocycles. The van der Waals surface area contributed by atoms with Crippen molar-refractivity contribution in [2.75, 3.05) is 0 Å². The molecule has 0 aromatic carbocycles. The van der Waals surface area contributed by atoms with E-state index in [1.165, 1.54) is 13.1 Å². The highest BCUT2D eigenvalue weighted by Crippen LogP contribution is 2.38. The molecule has 1 aliphatic carbocycles. The average Bonchev–Trinajstić information content (AvgIpc) is 2.99. The van der Waals surface area contributed by atoms with Crippen LogP contribution >= 0.6 is 7.82 Å². The van der Waals surface area contributed by atoms with Gasteiger partial charge < -0.3 is 30.4 Å². The van der Waals surface area contributed by atoms with Crippen molar-refractivity contribution in [1.29, 1.82) is 0 Å². The van der Waals surface area contributed by atoms with Crippen molar-refractivity contribution >= 4 is 19.8 Å². The summed E-state index contributed by atoms with van der Waals surface area (Å²) >= 11 is 0. The van der Waals surface area contributed by atoms with Gasteiger partial charge in [-0.05, 0) is 19.8 Å². The van der Waals surface area contributed by atoms with Gasteiger partial charge in [-0.15, -0.1) is 0 Å². The monoisotopic (exact) mass is 404 g/mol. The van der Waals surface area contributed by atoms with E-state index in [4.69, 9.17) is 14.9 Å². The number of aryl methyl sites for hydroxylation is 1. The van der Waals surface area contributed by atoms with Crippen LogP contribution in [0.2, 0.25) is 0 Å². The minimum absolute atomic E-state index is 0.00212. The molecule has 0 amide bonds. The van der Waals surface area contributed by atoms with E-state index in [0.29, 0.717) is 0 Å². The lowest BCUT2D eigenvalue weighted by Crippen LogP contribution is -2.36. The van der Waals surface area contributed by atoms with Crippen LogP contribution in [0.15, 0.2) is 6.20 Å². The maximum absolute atomic E-state index is 11.4. The number of pyridine rings is 1. The van der Waals surface area contributed by atoms with Crippen molar-refractivity contribution in [3.05, 3.63) is 23.0 Å². The maximum atomic E-state index is 11.4. The van der Waals surface area contributed by atoms with E-state index in [2.05, 4.69) is 14.8 Å². The normalized spacial score (nSPS) is 22.7. The predicted molar refractivity (Wildman–Crippen MR) is 89.6 cm³/mol. The highest BCUT2D eigenvalue weighted by molar-refractivity contribution is 7.46. The lowest BCUT2D eigenvalue weighted by atomic mass is 10.0. The third kappa shape index (κ3) is 5.47. The second-order valence-corrected chi connectivity index (χ2v) is 7.64. The van der Waals surface area contributed by atoms with Crippen molar-refractivity contribution in [1.82, 2.24) is 10.3 Å². The van der Waals surface area contributed by atoms with E-state index in [0.717, 1.165) is 0 Å². The van der Waals surface area contributed by atoms with Gasteiger partial charge in [0.1, 0.15) is 5.75 Å². The van der Waals surface area contributed by atoms with Crippen LogP contribution < -0.4 is 5.32 Å². The summed E-state index contributed by atoms with van der Waals surface area (Å²) in [5.74, 6) is -4.07. The average molecular weight is 404 g/mol. The third-order valence-electron chi connectivity index (χ3n) is 4.59. The molecule has 0 spiro atoms. The predicted octanol–water partition coefficient (Wildman–Crippen LogP) is 0.359. The first kappa shape index (κ1) is 21.3. The zero-order valence-corrected chi connectivity index (χ0v) is 15.3. The summed E-state index contributed by atoms with van der Waals surface area (Å²) in [4.78, 5) is 44.2. The van der Waals surface area contributed by atoms with Gasteiger partial charge in [0, 0.05) is 29.9 Å². The highest BCUT2D eigenvalue weighted by atomic mass is 31.2. The maximum Gasteiger partial charge on any atom is 0.469 e. The fraction of sp³-hybridized carbons (Fsp3) is 0.533. The number of aromatic hydroxyl groups is 1. The molecule has 1 heterocycles. The molecule has 1 aliphatic rings. The smallest absolute Gasteiger partial charge is 0.469 e. The number of phosphoric acid groups is 1. The molecule has 27 heavy (non-hydrogen) atoms. The number of hydrogen-bond donors (Lipinski definition) is 6. The first-order chi connectivity index (χ1) is 12.5. The summed E-state index contributed by atoms with van der Waals surface area (Å²) in [7, 11) is -4.73. The number of phosphoric ester groups is 1. The molecule has 150 valence electrons. The molecule has 2 rings (SSSR count). The number of carbonyl (C=O) groups is 2. The van der Waals surface area contributed by atoms with Crippen LogP contribution in [0.3, 0.4) is 0 Å². The second kappa shape index (κ2) is 8.32. The second-order valence-electron chi connectivity index (χ2n) is 6.40. The number of carboxylic acid groups (broad SMARTS) is 2. The Hall–Kier alpha value is -2.04.